The Bertz CT molecular complexity index is 2160. The minimum absolute atomic E-state index is 0.0794. The van der Waals surface area contributed by atoms with E-state index in [1.54, 1.807) is 36.4 Å². The minimum Gasteiger partial charge on any atom is -0.508 e. The van der Waals surface area contributed by atoms with Gasteiger partial charge in [0.25, 0.3) is 0 Å². The van der Waals surface area contributed by atoms with Gasteiger partial charge in [-0.2, -0.15) is 0 Å². The molecule has 0 amide bonds. The number of hydrogen-bond acceptors (Lipinski definition) is 7. The van der Waals surface area contributed by atoms with Gasteiger partial charge in [-0.1, -0.05) is 108 Å². The third-order valence-corrected chi connectivity index (χ3v) is 11.9. The molecule has 2 fully saturated rings. The number of phenols is 1. The van der Waals surface area contributed by atoms with Crippen LogP contribution in [0.5, 0.6) is 28.7 Å². The highest BCUT2D eigenvalue weighted by atomic mass is 16.7. The van der Waals surface area contributed by atoms with Crippen molar-refractivity contribution in [2.45, 2.75) is 90.9 Å². The van der Waals surface area contributed by atoms with E-state index in [0.29, 0.717) is 34.8 Å². The molecule has 0 spiro atoms. The highest BCUT2D eigenvalue weighted by Crippen LogP contribution is 2.55. The molecule has 7 heteroatoms. The lowest BCUT2D eigenvalue weighted by atomic mass is 9.55. The smallest absolute Gasteiger partial charge is 0.508 e. The molecule has 2 aliphatic rings. The van der Waals surface area contributed by atoms with Gasteiger partial charge in [0, 0.05) is 10.8 Å². The van der Waals surface area contributed by atoms with Gasteiger partial charge in [0.05, 0.1) is 0 Å². The molecule has 0 saturated heterocycles. The second-order valence-corrected chi connectivity index (χ2v) is 18.2. The Kier molecular flexibility index (Phi) is 11.0. The monoisotopic (exact) mass is 766 g/mol. The molecular weight excluding hydrogens is 713 g/mol. The lowest BCUT2D eigenvalue weighted by molar-refractivity contribution is 0.126. The summed E-state index contributed by atoms with van der Waals surface area (Å²) in [6.07, 6.45) is 4.48. The Labute approximate surface area is 337 Å². The van der Waals surface area contributed by atoms with Gasteiger partial charge in [-0.15, -0.1) is 0 Å². The van der Waals surface area contributed by atoms with E-state index < -0.39 is 12.3 Å². The molecule has 5 aromatic rings. The van der Waals surface area contributed by atoms with Crippen LogP contribution in [0.25, 0.3) is 0 Å². The van der Waals surface area contributed by atoms with Crippen LogP contribution in [0, 0.1) is 22.7 Å². The lowest BCUT2D eigenvalue weighted by Gasteiger charge is -2.48. The standard InChI is InChI=1S/C50H54O7/c1-34-28-47(3,4)32-49(30-34,36-12-20-40(51)21-13-36)37-14-22-43(23-15-37)56-46(53)57-44-26-18-39(19-27-44)50(31-35(2)29-48(5,6)33-50)38-16-24-42(25-17-38)55-45(52)54-41-10-8-7-9-11-41/h7-27,34-35,51H,28-33H2,1-6H3. The van der Waals surface area contributed by atoms with E-state index in [-0.39, 0.29) is 27.4 Å². The average Bonchev–Trinajstić information content (AvgIpc) is 3.14. The molecule has 7 rings (SSSR count). The first kappa shape index (κ1) is 39.7. The van der Waals surface area contributed by atoms with Crippen LogP contribution in [0.4, 0.5) is 9.59 Å². The Morgan fingerprint density at radius 2 is 0.754 bits per heavy atom. The summed E-state index contributed by atoms with van der Waals surface area (Å²) in [5.74, 6) is 2.85. The van der Waals surface area contributed by atoms with Crippen LogP contribution >= 0.6 is 0 Å². The number of hydrogen-bond donors (Lipinski definition) is 1. The maximum atomic E-state index is 13.1. The van der Waals surface area contributed by atoms with Gasteiger partial charge in [0.2, 0.25) is 0 Å². The number of carbonyl (C=O) groups is 2. The third kappa shape index (κ3) is 9.04. The van der Waals surface area contributed by atoms with Gasteiger partial charge < -0.3 is 24.1 Å². The molecule has 5 aromatic carbocycles. The van der Waals surface area contributed by atoms with Gasteiger partial charge in [-0.25, -0.2) is 9.59 Å². The number of para-hydroxylation sites is 1. The van der Waals surface area contributed by atoms with Gasteiger partial charge in [-0.05, 0) is 144 Å². The van der Waals surface area contributed by atoms with Crippen molar-refractivity contribution in [3.8, 4) is 28.7 Å². The quantitative estimate of drug-likeness (QED) is 0.124. The topological polar surface area (TPSA) is 91.3 Å². The molecule has 296 valence electrons. The zero-order chi connectivity index (χ0) is 40.4. The molecule has 0 radical (unpaired) electrons. The van der Waals surface area contributed by atoms with Crippen molar-refractivity contribution in [1.82, 2.24) is 0 Å². The SMILES string of the molecule is CC1CC(C)(C)CC(c2ccc(O)cc2)(c2ccc(OC(=O)Oc3ccc(C4(c5ccc(OC(=O)Oc6ccccc6)cc5)CC(C)CC(C)(C)C4)cc3)cc2)C1. The van der Waals surface area contributed by atoms with Gasteiger partial charge in [-0.3, -0.25) is 0 Å². The van der Waals surface area contributed by atoms with Gasteiger partial charge in [0.1, 0.15) is 28.7 Å². The largest absolute Gasteiger partial charge is 0.519 e. The highest BCUT2D eigenvalue weighted by molar-refractivity contribution is 5.68. The number of aromatic hydroxyl groups is 1. The molecule has 4 unspecified atom stereocenters. The number of rotatable bonds is 8. The summed E-state index contributed by atoms with van der Waals surface area (Å²) in [4.78, 5) is 25.6. The molecule has 4 atom stereocenters. The van der Waals surface area contributed by atoms with Crippen molar-refractivity contribution in [1.29, 1.82) is 0 Å². The van der Waals surface area contributed by atoms with Crippen LogP contribution in [0.15, 0.2) is 127 Å². The normalized spacial score (nSPS) is 23.8. The summed E-state index contributed by atoms with van der Waals surface area (Å²) in [6.45, 7) is 13.9. The Morgan fingerprint density at radius 3 is 1.07 bits per heavy atom. The summed E-state index contributed by atoms with van der Waals surface area (Å²) < 4.78 is 22.2. The van der Waals surface area contributed by atoms with Crippen LogP contribution in [0.3, 0.4) is 0 Å². The van der Waals surface area contributed by atoms with Gasteiger partial charge >= 0.3 is 12.3 Å². The molecule has 2 saturated carbocycles. The molecule has 1 N–H and O–H groups in total. The van der Waals surface area contributed by atoms with E-state index in [1.165, 1.54) is 5.56 Å². The maximum Gasteiger partial charge on any atom is 0.519 e. The number of carbonyl (C=O) groups excluding carboxylic acids is 2. The van der Waals surface area contributed by atoms with Crippen LogP contribution < -0.4 is 18.9 Å². The second kappa shape index (κ2) is 15.8. The summed E-state index contributed by atoms with van der Waals surface area (Å²) in [5, 5.41) is 10.0. The number of ether oxygens (including phenoxy) is 4. The Hall–Kier alpha value is -5.56. The minimum atomic E-state index is -0.806. The number of phenolic OH excluding ortho intramolecular Hbond substituents is 1. The second-order valence-electron chi connectivity index (χ2n) is 18.2. The molecule has 0 aromatic heterocycles. The van der Waals surface area contributed by atoms with E-state index in [0.717, 1.165) is 55.2 Å². The first-order valence-electron chi connectivity index (χ1n) is 20.1. The molecule has 0 aliphatic heterocycles. The van der Waals surface area contributed by atoms with E-state index in [9.17, 15) is 14.7 Å². The third-order valence-electron chi connectivity index (χ3n) is 11.9. The number of benzene rings is 5. The van der Waals surface area contributed by atoms with Crippen molar-refractivity contribution in [2.24, 2.45) is 22.7 Å². The van der Waals surface area contributed by atoms with Crippen LogP contribution in [-0.2, 0) is 10.8 Å². The molecule has 2 aliphatic carbocycles. The van der Waals surface area contributed by atoms with E-state index >= 15 is 0 Å². The zero-order valence-corrected chi connectivity index (χ0v) is 33.9. The lowest BCUT2D eigenvalue weighted by Crippen LogP contribution is -2.41. The Morgan fingerprint density at radius 1 is 0.456 bits per heavy atom. The first-order valence-corrected chi connectivity index (χ1v) is 20.1. The fourth-order valence-corrected chi connectivity index (χ4v) is 10.6. The summed E-state index contributed by atoms with van der Waals surface area (Å²) in [7, 11) is 0. The van der Waals surface area contributed by atoms with E-state index in [1.807, 2.05) is 78.9 Å². The summed E-state index contributed by atoms with van der Waals surface area (Å²) in [5.41, 5.74) is 4.26. The van der Waals surface area contributed by atoms with E-state index in [4.69, 9.17) is 18.9 Å². The molecular formula is C50H54O7. The fraction of sp³-hybridized carbons (Fsp3) is 0.360. The average molecular weight is 767 g/mol. The van der Waals surface area contributed by atoms with Crippen molar-refractivity contribution in [3.63, 3.8) is 0 Å². The van der Waals surface area contributed by atoms with Crippen molar-refractivity contribution < 1.29 is 33.6 Å². The predicted octanol–water partition coefficient (Wildman–Crippen LogP) is 12.8. The first-order chi connectivity index (χ1) is 27.1. The van der Waals surface area contributed by atoms with Crippen molar-refractivity contribution in [2.75, 3.05) is 0 Å². The van der Waals surface area contributed by atoms with Gasteiger partial charge in [0.15, 0.2) is 0 Å². The van der Waals surface area contributed by atoms with Crippen molar-refractivity contribution in [3.05, 3.63) is 150 Å². The zero-order valence-electron chi connectivity index (χ0n) is 33.9. The fourth-order valence-electron chi connectivity index (χ4n) is 10.6. The highest BCUT2D eigenvalue weighted by Gasteiger charge is 2.46. The molecule has 7 nitrogen and oxygen atoms in total. The van der Waals surface area contributed by atoms with Crippen LogP contribution in [0.1, 0.15) is 102 Å². The Balaban J connectivity index is 1.06. The van der Waals surface area contributed by atoms with E-state index in [2.05, 4.69) is 53.7 Å². The van der Waals surface area contributed by atoms with Crippen LogP contribution in [0.2, 0.25) is 0 Å². The molecule has 0 heterocycles. The predicted molar refractivity (Wildman–Crippen MR) is 222 cm³/mol. The van der Waals surface area contributed by atoms with Crippen LogP contribution in [-0.4, -0.2) is 17.4 Å². The maximum absolute atomic E-state index is 13.1. The van der Waals surface area contributed by atoms with Crippen molar-refractivity contribution >= 4 is 12.3 Å². The molecule has 57 heavy (non-hydrogen) atoms. The summed E-state index contributed by atoms with van der Waals surface area (Å²) in [6, 6.07) is 39.7. The molecule has 0 bridgehead atoms. The summed E-state index contributed by atoms with van der Waals surface area (Å²) >= 11 is 0.